The van der Waals surface area contributed by atoms with Crippen molar-refractivity contribution in [1.29, 1.82) is 0 Å². The highest BCUT2D eigenvalue weighted by molar-refractivity contribution is 5.94. The number of primary amides is 1. The number of aldehydes is 2. The van der Waals surface area contributed by atoms with Crippen LogP contribution in [0.3, 0.4) is 0 Å². The summed E-state index contributed by atoms with van der Waals surface area (Å²) < 4.78 is 11.5. The molecular weight excluding hydrogens is 959 g/mol. The molecule has 2 rings (SSSR count). The first-order chi connectivity index (χ1) is 35.3. The highest BCUT2D eigenvalue weighted by atomic mass is 16.5. The molecule has 0 aromatic heterocycles. The Morgan fingerprint density at radius 1 is 0.853 bits per heavy atom. The molecule has 0 bridgehead atoms. The van der Waals surface area contributed by atoms with Gasteiger partial charge in [-0.25, -0.2) is 4.79 Å². The van der Waals surface area contributed by atoms with E-state index in [0.29, 0.717) is 37.8 Å². The summed E-state index contributed by atoms with van der Waals surface area (Å²) in [7, 11) is 12.5. The van der Waals surface area contributed by atoms with E-state index < -0.39 is 6.03 Å². The fourth-order valence-corrected chi connectivity index (χ4v) is 7.61. The van der Waals surface area contributed by atoms with E-state index in [1.54, 1.807) is 40.1 Å². The number of rotatable bonds is 27. The molecule has 9 unspecified atom stereocenters. The molecule has 6 amide bonds. The zero-order valence-electron chi connectivity index (χ0n) is 50.0. The van der Waals surface area contributed by atoms with Gasteiger partial charge in [0, 0.05) is 52.6 Å². The van der Waals surface area contributed by atoms with Crippen LogP contribution in [0.2, 0.25) is 0 Å². The molecule has 1 aliphatic heterocycles. The minimum absolute atomic E-state index is 0.00519. The lowest BCUT2D eigenvalue weighted by Crippen LogP contribution is -2.53. The van der Waals surface area contributed by atoms with Crippen molar-refractivity contribution in [3.8, 4) is 0 Å². The van der Waals surface area contributed by atoms with Crippen LogP contribution in [0.25, 0.3) is 0 Å². The molecule has 0 spiro atoms. The molecule has 1 aliphatic rings. The minimum atomic E-state index is -0.443. The Hall–Kier alpha value is -4.57. The summed E-state index contributed by atoms with van der Waals surface area (Å²) in [6.07, 6.45) is 8.10. The van der Waals surface area contributed by atoms with Crippen LogP contribution in [0.4, 0.5) is 10.5 Å². The number of nitrogens with two attached hydrogens (primary N) is 3. The fraction of sp³-hybridized carbons (Fsp3) is 0.764. The van der Waals surface area contributed by atoms with E-state index in [4.69, 9.17) is 26.7 Å². The molecule has 1 aromatic carbocycles. The monoisotopic (exact) mass is 1070 g/mol. The molecular formula is C55H109N11O9. The van der Waals surface area contributed by atoms with Crippen molar-refractivity contribution in [1.82, 2.24) is 36.0 Å². The molecule has 0 saturated carbocycles. The smallest absolute Gasteiger partial charge is 0.312 e. The first kappa shape index (κ1) is 76.9. The zero-order chi connectivity index (χ0) is 58.8. The van der Waals surface area contributed by atoms with Gasteiger partial charge in [0.05, 0.1) is 55.4 Å². The Morgan fingerprint density at radius 2 is 1.43 bits per heavy atom. The summed E-state index contributed by atoms with van der Waals surface area (Å²) in [5.41, 5.74) is 17.3. The lowest BCUT2D eigenvalue weighted by atomic mass is 9.90. The second-order valence-corrected chi connectivity index (χ2v) is 20.0. The van der Waals surface area contributed by atoms with Crippen LogP contribution in [0, 0.1) is 23.7 Å². The third kappa shape index (κ3) is 34.7. The van der Waals surface area contributed by atoms with Crippen LogP contribution in [-0.4, -0.2) is 182 Å². The number of likely N-dealkylation sites (tertiary alicyclic amines) is 1. The van der Waals surface area contributed by atoms with Gasteiger partial charge in [-0.15, -0.1) is 0 Å². The van der Waals surface area contributed by atoms with Crippen molar-refractivity contribution in [3.05, 3.63) is 29.8 Å². The van der Waals surface area contributed by atoms with Crippen LogP contribution in [0.5, 0.6) is 0 Å². The highest BCUT2D eigenvalue weighted by Crippen LogP contribution is 2.29. The largest absolute Gasteiger partial charge is 0.379 e. The summed E-state index contributed by atoms with van der Waals surface area (Å²) in [6.45, 7) is 26.5. The second-order valence-electron chi connectivity index (χ2n) is 20.0. The molecule has 438 valence electrons. The molecule has 1 heterocycles. The van der Waals surface area contributed by atoms with E-state index >= 15 is 0 Å². The molecule has 0 aliphatic carbocycles. The van der Waals surface area contributed by atoms with Crippen molar-refractivity contribution < 1.29 is 43.0 Å². The van der Waals surface area contributed by atoms with E-state index in [2.05, 4.69) is 68.1 Å². The van der Waals surface area contributed by atoms with Gasteiger partial charge in [0.2, 0.25) is 24.1 Å². The third-order valence-electron chi connectivity index (χ3n) is 12.4. The fourth-order valence-electron chi connectivity index (χ4n) is 7.61. The number of carbonyl (C=O) groups excluding carboxylic acids is 7. The number of nitrogens with one attached hydrogen (secondary N) is 5. The first-order valence-corrected chi connectivity index (χ1v) is 26.9. The summed E-state index contributed by atoms with van der Waals surface area (Å²) >= 11 is 0. The van der Waals surface area contributed by atoms with E-state index in [1.165, 1.54) is 6.42 Å². The van der Waals surface area contributed by atoms with E-state index in [0.717, 1.165) is 56.1 Å². The summed E-state index contributed by atoms with van der Waals surface area (Å²) in [5, 5.41) is 13.7. The normalized spacial score (nSPS) is 15.8. The SMILES string of the molecule is CC(C)C(C=O)N(C)C.CC(C)C(N)C=O.CCC.CCC(C)C(C(CC(=O)N1CCCC1C(OC)C(C)C)OC)N(C)C(=O)CNC.CCCNC(N)=O.CNC(C)C(=O)Nc1ccc(CC(CN)NC=O)cc1. The highest BCUT2D eigenvalue weighted by Gasteiger charge is 2.39. The van der Waals surface area contributed by atoms with Crippen LogP contribution in [0.1, 0.15) is 127 Å². The summed E-state index contributed by atoms with van der Waals surface area (Å²) in [6, 6.07) is 6.49. The van der Waals surface area contributed by atoms with E-state index in [1.807, 2.05) is 89.8 Å². The maximum absolute atomic E-state index is 13.3. The Balaban J connectivity index is -0.000000468. The molecule has 11 N–H and O–H groups in total. The van der Waals surface area contributed by atoms with Gasteiger partial charge in [-0.2, -0.15) is 0 Å². The molecule has 1 saturated heterocycles. The number of carbonyl (C=O) groups is 7. The van der Waals surface area contributed by atoms with Gasteiger partial charge >= 0.3 is 6.03 Å². The third-order valence-corrected chi connectivity index (χ3v) is 12.4. The van der Waals surface area contributed by atoms with Crippen molar-refractivity contribution in [2.75, 3.05) is 81.0 Å². The van der Waals surface area contributed by atoms with Crippen molar-refractivity contribution >= 4 is 48.4 Å². The van der Waals surface area contributed by atoms with Crippen molar-refractivity contribution in [2.45, 2.75) is 176 Å². The van der Waals surface area contributed by atoms with Crippen LogP contribution < -0.4 is 43.8 Å². The van der Waals surface area contributed by atoms with Crippen LogP contribution in [0.15, 0.2) is 24.3 Å². The number of nitrogens with zero attached hydrogens (tertiary/aromatic N) is 3. The maximum atomic E-state index is 13.3. The number of anilines is 1. The van der Waals surface area contributed by atoms with Gasteiger partial charge in [0.15, 0.2) is 0 Å². The number of benzene rings is 1. The van der Waals surface area contributed by atoms with E-state index in [9.17, 15) is 33.6 Å². The predicted molar refractivity (Wildman–Crippen MR) is 306 cm³/mol. The number of ether oxygens (including phenoxy) is 2. The van der Waals surface area contributed by atoms with Gasteiger partial charge < -0.3 is 72.6 Å². The van der Waals surface area contributed by atoms with Crippen molar-refractivity contribution in [3.63, 3.8) is 0 Å². The van der Waals surface area contributed by atoms with Crippen LogP contribution in [-0.2, 0) is 44.7 Å². The van der Waals surface area contributed by atoms with Crippen molar-refractivity contribution in [2.24, 2.45) is 40.9 Å². The number of urea groups is 1. The Kier molecular flexibility index (Phi) is 47.9. The Morgan fingerprint density at radius 3 is 1.76 bits per heavy atom. The van der Waals surface area contributed by atoms with Crippen LogP contribution >= 0.6 is 0 Å². The topological polar surface area (TPSA) is 286 Å². The summed E-state index contributed by atoms with van der Waals surface area (Å²) in [5.74, 6) is 1.26. The molecule has 20 nitrogen and oxygen atoms in total. The molecule has 1 aromatic rings. The van der Waals surface area contributed by atoms with E-state index in [-0.39, 0.29) is 91.0 Å². The van der Waals surface area contributed by atoms with Gasteiger partial charge in [-0.1, -0.05) is 101 Å². The van der Waals surface area contributed by atoms with Gasteiger partial charge in [-0.05, 0) is 102 Å². The second kappa shape index (κ2) is 46.7. The summed E-state index contributed by atoms with van der Waals surface area (Å²) in [4.78, 5) is 83.6. The van der Waals surface area contributed by atoms with Gasteiger partial charge in [-0.3, -0.25) is 24.1 Å². The maximum Gasteiger partial charge on any atom is 0.312 e. The lowest BCUT2D eigenvalue weighted by Gasteiger charge is -2.39. The number of hydrogen-bond donors (Lipinski definition) is 8. The minimum Gasteiger partial charge on any atom is -0.379 e. The molecule has 9 atom stereocenters. The quantitative estimate of drug-likeness (QED) is 0.0567. The Bertz CT molecular complexity index is 1630. The molecule has 0 radical (unpaired) electrons. The standard InChI is InChI=1S/C22H43N3O4.C14H22N4O2.C7H15NO.C5H11NO.C4H10N2O.C3H8/c1-9-16(4)21(24(6)20(27)14-23-5)18(28-7)13-19(26)25-12-10-11-17(25)22(29-8)15(2)3;1-10(16-2)14(20)18-12-5-3-11(4-6-12)7-13(8-15)17-9-19;1-6(2)7(5-9)8(3)4;1-4(2)5(6)3-7;1-2-3-6-4(5)7;1-3-2/h15-18,21-23H,9-14H2,1-8H3;3-6,9-10,13,16H,7-8,15H2,1-2H3,(H,17,19)(H,18,20);5-7H,1-4H3;3-5H,6H2,1-2H3;2-3H2,1H3,(H3,5,6,7);3H2,1-2H3. The molecule has 1 fully saturated rings. The molecule has 75 heavy (non-hydrogen) atoms. The number of hydrogen-bond acceptors (Lipinski definition) is 14. The lowest BCUT2D eigenvalue weighted by molar-refractivity contribution is -0.144. The molecule has 20 heteroatoms. The number of likely N-dealkylation sites (N-methyl/N-ethyl adjacent to an activating group) is 4. The average Bonchev–Trinajstić information content (AvgIpc) is 3.85. The first-order valence-electron chi connectivity index (χ1n) is 26.9. The predicted octanol–water partition coefficient (Wildman–Crippen LogP) is 4.42. The van der Waals surface area contributed by atoms with Gasteiger partial charge in [0.1, 0.15) is 12.6 Å². The zero-order valence-corrected chi connectivity index (χ0v) is 50.0. The number of methoxy groups -OCH3 is 2. The average molecular weight is 1070 g/mol. The Labute approximate surface area is 454 Å². The van der Waals surface area contributed by atoms with Gasteiger partial charge in [0.25, 0.3) is 0 Å². The number of amides is 6.